The lowest BCUT2D eigenvalue weighted by atomic mass is 9.95. The van der Waals surface area contributed by atoms with E-state index in [2.05, 4.69) is 77.8 Å². The Morgan fingerprint density at radius 1 is 0.739 bits per heavy atom. The molecule has 0 radical (unpaired) electrons. The van der Waals surface area contributed by atoms with Crippen LogP contribution >= 0.6 is 11.3 Å². The molecule has 3 N–H and O–H groups in total. The van der Waals surface area contributed by atoms with E-state index in [0.717, 1.165) is 38.3 Å². The summed E-state index contributed by atoms with van der Waals surface area (Å²) in [4.78, 5) is 48.3. The van der Waals surface area contributed by atoms with Crippen molar-refractivity contribution in [3.63, 3.8) is 0 Å². The average molecular weight is 633 g/mol. The summed E-state index contributed by atoms with van der Waals surface area (Å²) in [5.41, 5.74) is 5.68. The maximum absolute atomic E-state index is 13.1. The van der Waals surface area contributed by atoms with Gasteiger partial charge in [0.2, 0.25) is 5.91 Å². The maximum atomic E-state index is 13.1. The summed E-state index contributed by atoms with van der Waals surface area (Å²) in [6.45, 7) is 7.58. The molecule has 0 saturated heterocycles. The van der Waals surface area contributed by atoms with Gasteiger partial charge in [0.25, 0.3) is 5.91 Å². The molecule has 46 heavy (non-hydrogen) atoms. The molecular formula is C37H36N4O4S. The van der Waals surface area contributed by atoms with Crippen LogP contribution in [0.15, 0.2) is 103 Å². The van der Waals surface area contributed by atoms with Crippen molar-refractivity contribution in [3.8, 4) is 33.6 Å². The van der Waals surface area contributed by atoms with Crippen LogP contribution in [0.5, 0.6) is 0 Å². The Morgan fingerprint density at radius 3 is 1.87 bits per heavy atom. The van der Waals surface area contributed by atoms with E-state index in [1.54, 1.807) is 18.5 Å². The summed E-state index contributed by atoms with van der Waals surface area (Å²) in [5.74, 6) is -1.56. The number of rotatable bonds is 10. The minimum absolute atomic E-state index is 0.114. The van der Waals surface area contributed by atoms with Crippen molar-refractivity contribution in [1.82, 2.24) is 20.6 Å². The second-order valence-electron chi connectivity index (χ2n) is 12.1. The Balaban J connectivity index is 1.28. The van der Waals surface area contributed by atoms with Gasteiger partial charge in [0.1, 0.15) is 12.1 Å². The number of hydrogen-bond donors (Lipinski definition) is 3. The Labute approximate surface area is 272 Å². The molecule has 2 aromatic heterocycles. The fourth-order valence-electron chi connectivity index (χ4n) is 4.81. The first-order valence-corrected chi connectivity index (χ1v) is 15.8. The summed E-state index contributed by atoms with van der Waals surface area (Å²) in [6.07, 6.45) is 3.76. The molecule has 0 aliphatic carbocycles. The fourth-order valence-corrected chi connectivity index (χ4v) is 5.78. The molecule has 2 atom stereocenters. The number of carboxylic acids is 1. The van der Waals surface area contributed by atoms with Crippen molar-refractivity contribution in [3.05, 3.63) is 119 Å². The summed E-state index contributed by atoms with van der Waals surface area (Å²) in [7, 11) is 0. The monoisotopic (exact) mass is 632 g/mol. The third-order valence-corrected chi connectivity index (χ3v) is 9.06. The van der Waals surface area contributed by atoms with E-state index >= 15 is 0 Å². The molecule has 0 spiro atoms. The van der Waals surface area contributed by atoms with Gasteiger partial charge in [-0.05, 0) is 46.7 Å². The summed E-state index contributed by atoms with van der Waals surface area (Å²) < 4.78 is 0. The van der Waals surface area contributed by atoms with Gasteiger partial charge in [-0.3, -0.25) is 14.4 Å². The molecule has 0 bridgehead atoms. The van der Waals surface area contributed by atoms with Crippen molar-refractivity contribution in [2.75, 3.05) is 0 Å². The SMILES string of the molecule is CC(NC(=O)C(Cc1ccc(-c2ncc(-c3ccc(-c4ccccc4)cc3)cn2)cc1)NC(=O)c1ccc(C(C)(C)C)s1)C(=O)O. The van der Waals surface area contributed by atoms with Crippen molar-refractivity contribution in [2.24, 2.45) is 0 Å². The average Bonchev–Trinajstić information content (AvgIpc) is 3.57. The smallest absolute Gasteiger partial charge is 0.325 e. The number of nitrogens with one attached hydrogen (secondary N) is 2. The van der Waals surface area contributed by atoms with Crippen LogP contribution in [-0.4, -0.2) is 44.9 Å². The van der Waals surface area contributed by atoms with Crippen LogP contribution in [0.1, 0.15) is 47.8 Å². The Hall–Kier alpha value is -5.15. The van der Waals surface area contributed by atoms with Crippen LogP contribution in [0.25, 0.3) is 33.6 Å². The maximum Gasteiger partial charge on any atom is 0.325 e. The highest BCUT2D eigenvalue weighted by molar-refractivity contribution is 7.14. The number of benzene rings is 3. The number of aliphatic carboxylic acids is 1. The highest BCUT2D eigenvalue weighted by Crippen LogP contribution is 2.30. The van der Waals surface area contributed by atoms with Gasteiger partial charge < -0.3 is 15.7 Å². The van der Waals surface area contributed by atoms with Gasteiger partial charge in [0.15, 0.2) is 5.82 Å². The Morgan fingerprint density at radius 2 is 1.30 bits per heavy atom. The van der Waals surface area contributed by atoms with Crippen LogP contribution in [0, 0.1) is 0 Å². The summed E-state index contributed by atoms with van der Waals surface area (Å²) in [5, 5.41) is 14.6. The van der Waals surface area contributed by atoms with Crippen molar-refractivity contribution < 1.29 is 19.5 Å². The van der Waals surface area contributed by atoms with Crippen LogP contribution in [0.2, 0.25) is 0 Å². The van der Waals surface area contributed by atoms with Crippen LogP contribution in [0.3, 0.4) is 0 Å². The molecule has 3 aromatic carbocycles. The molecule has 0 saturated carbocycles. The van der Waals surface area contributed by atoms with Crippen LogP contribution < -0.4 is 10.6 Å². The van der Waals surface area contributed by atoms with E-state index in [4.69, 9.17) is 0 Å². The molecule has 9 heteroatoms. The summed E-state index contributed by atoms with van der Waals surface area (Å²) >= 11 is 1.37. The van der Waals surface area contributed by atoms with Crippen LogP contribution in [0.4, 0.5) is 0 Å². The summed E-state index contributed by atoms with van der Waals surface area (Å²) in [6, 6.07) is 27.5. The van der Waals surface area contributed by atoms with Gasteiger partial charge in [0, 0.05) is 34.8 Å². The Kier molecular flexibility index (Phi) is 9.72. The van der Waals surface area contributed by atoms with E-state index in [9.17, 15) is 19.5 Å². The van der Waals surface area contributed by atoms with E-state index in [0.29, 0.717) is 10.7 Å². The zero-order valence-corrected chi connectivity index (χ0v) is 27.0. The first-order valence-electron chi connectivity index (χ1n) is 15.0. The van der Waals surface area contributed by atoms with Gasteiger partial charge in [-0.15, -0.1) is 11.3 Å². The fraction of sp³-hybridized carbons (Fsp3) is 0.216. The molecule has 5 aromatic rings. The van der Waals surface area contributed by atoms with Gasteiger partial charge >= 0.3 is 5.97 Å². The molecule has 0 fully saturated rings. The van der Waals surface area contributed by atoms with Crippen molar-refractivity contribution in [2.45, 2.75) is 51.6 Å². The number of nitrogens with zero attached hydrogens (tertiary/aromatic N) is 2. The van der Waals surface area contributed by atoms with Gasteiger partial charge in [0.05, 0.1) is 4.88 Å². The first kappa shape index (κ1) is 32.2. The molecule has 0 aliphatic rings. The highest BCUT2D eigenvalue weighted by Gasteiger charge is 2.26. The van der Waals surface area contributed by atoms with Crippen molar-refractivity contribution in [1.29, 1.82) is 0 Å². The molecule has 2 amide bonds. The minimum Gasteiger partial charge on any atom is -0.480 e. The number of carbonyl (C=O) groups is 3. The van der Waals surface area contributed by atoms with E-state index in [1.807, 2.05) is 48.5 Å². The number of carboxylic acid groups (broad SMARTS) is 1. The normalized spacial score (nSPS) is 12.6. The highest BCUT2D eigenvalue weighted by atomic mass is 32.1. The molecular weight excluding hydrogens is 596 g/mol. The third kappa shape index (κ3) is 7.92. The number of amides is 2. The molecule has 8 nitrogen and oxygen atoms in total. The van der Waals surface area contributed by atoms with E-state index in [-0.39, 0.29) is 17.7 Å². The molecule has 0 aliphatic heterocycles. The molecule has 5 rings (SSSR count). The zero-order chi connectivity index (χ0) is 32.8. The largest absolute Gasteiger partial charge is 0.480 e. The number of aromatic nitrogens is 2. The molecule has 2 heterocycles. The van der Waals surface area contributed by atoms with E-state index in [1.165, 1.54) is 18.3 Å². The first-order chi connectivity index (χ1) is 22.0. The molecule has 234 valence electrons. The predicted octanol–water partition coefficient (Wildman–Crippen LogP) is 6.77. The lowest BCUT2D eigenvalue weighted by Gasteiger charge is -2.20. The lowest BCUT2D eigenvalue weighted by Crippen LogP contribution is -2.51. The zero-order valence-electron chi connectivity index (χ0n) is 26.2. The predicted molar refractivity (Wildman–Crippen MR) is 182 cm³/mol. The van der Waals surface area contributed by atoms with Gasteiger partial charge in [-0.1, -0.05) is 99.6 Å². The standard InChI is InChI=1S/C37H36N4O4S/c1-23(36(44)45)40-34(42)30(41-35(43)31-18-19-32(46-31)37(2,3)4)20-24-10-12-28(13-11-24)33-38-21-29(22-39-33)27-16-14-26(15-17-27)25-8-6-5-7-9-25/h5-19,21-23,30H,20H2,1-4H3,(H,40,42)(H,41,43)(H,44,45). The van der Waals surface area contributed by atoms with Gasteiger partial charge in [-0.25, -0.2) is 9.97 Å². The minimum atomic E-state index is -1.16. The van der Waals surface area contributed by atoms with Gasteiger partial charge in [-0.2, -0.15) is 0 Å². The third-order valence-electron chi connectivity index (χ3n) is 7.55. The second kappa shape index (κ2) is 13.9. The van der Waals surface area contributed by atoms with E-state index < -0.39 is 24.0 Å². The molecule has 2 unspecified atom stereocenters. The quantitative estimate of drug-likeness (QED) is 0.156. The van der Waals surface area contributed by atoms with Crippen molar-refractivity contribution >= 4 is 29.1 Å². The second-order valence-corrected chi connectivity index (χ2v) is 13.2. The Bertz CT molecular complexity index is 1810. The topological polar surface area (TPSA) is 121 Å². The number of carbonyl (C=O) groups excluding carboxylic acids is 2. The number of hydrogen-bond acceptors (Lipinski definition) is 6. The number of thiophene rings is 1. The van der Waals surface area contributed by atoms with Crippen LogP contribution in [-0.2, 0) is 21.4 Å². The lowest BCUT2D eigenvalue weighted by molar-refractivity contribution is -0.141.